The minimum absolute atomic E-state index is 0.0116. The van der Waals surface area contributed by atoms with E-state index in [0.717, 1.165) is 52.4 Å². The van der Waals surface area contributed by atoms with Crippen molar-refractivity contribution in [2.24, 2.45) is 10.6 Å². The Morgan fingerprint density at radius 2 is 1.97 bits per heavy atom. The Kier molecular flexibility index (Phi) is 4.75. The van der Waals surface area contributed by atoms with Crippen LogP contribution in [0.4, 0.5) is 4.39 Å². The van der Waals surface area contributed by atoms with Gasteiger partial charge in [0.15, 0.2) is 17.8 Å². The SMILES string of the molecule is Cc1cn(-c2ccc(/C=C3\CC4(COC4)CN4C3=NOCC4c3ccc(F)cc3)c3ncoc23)cn1. The van der Waals surface area contributed by atoms with Crippen molar-refractivity contribution in [1.29, 1.82) is 0 Å². The number of benzene rings is 2. The highest BCUT2D eigenvalue weighted by Gasteiger charge is 2.49. The molecule has 0 N–H and O–H groups in total. The number of oxazole rings is 1. The second-order valence-electron chi connectivity index (χ2n) is 9.87. The summed E-state index contributed by atoms with van der Waals surface area (Å²) in [5.74, 6) is 0.553. The number of oxime groups is 1. The molecule has 2 saturated heterocycles. The van der Waals surface area contributed by atoms with Crippen LogP contribution in [0.15, 0.2) is 70.5 Å². The van der Waals surface area contributed by atoms with E-state index in [4.69, 9.17) is 14.0 Å². The van der Waals surface area contributed by atoms with Gasteiger partial charge in [-0.15, -0.1) is 0 Å². The van der Waals surface area contributed by atoms with Crippen LogP contribution < -0.4 is 0 Å². The third-order valence-corrected chi connectivity index (χ3v) is 7.28. The summed E-state index contributed by atoms with van der Waals surface area (Å²) >= 11 is 0. The number of halogens is 1. The molecular formula is C27H24FN5O3. The van der Waals surface area contributed by atoms with Crippen LogP contribution in [0.25, 0.3) is 22.9 Å². The van der Waals surface area contributed by atoms with E-state index in [0.29, 0.717) is 25.4 Å². The average Bonchev–Trinajstić information content (AvgIpc) is 3.53. The van der Waals surface area contributed by atoms with E-state index in [2.05, 4.69) is 26.1 Å². The van der Waals surface area contributed by atoms with Crippen molar-refractivity contribution in [3.05, 3.63) is 83.5 Å². The van der Waals surface area contributed by atoms with E-state index in [9.17, 15) is 4.39 Å². The lowest BCUT2D eigenvalue weighted by atomic mass is 9.74. The number of hydrogen-bond donors (Lipinski definition) is 0. The summed E-state index contributed by atoms with van der Waals surface area (Å²) < 4.78 is 27.0. The molecule has 9 heteroatoms. The molecule has 8 nitrogen and oxygen atoms in total. The fourth-order valence-corrected chi connectivity index (χ4v) is 5.47. The maximum atomic E-state index is 13.6. The fourth-order valence-electron chi connectivity index (χ4n) is 5.47. The monoisotopic (exact) mass is 485 g/mol. The molecule has 3 aliphatic rings. The number of piperidine rings is 1. The zero-order valence-electron chi connectivity index (χ0n) is 19.7. The fraction of sp³-hybridized carbons (Fsp3) is 0.296. The summed E-state index contributed by atoms with van der Waals surface area (Å²) in [6.45, 7) is 4.57. The molecule has 36 heavy (non-hydrogen) atoms. The molecule has 1 atom stereocenters. The lowest BCUT2D eigenvalue weighted by Gasteiger charge is -2.52. The normalized spacial score (nSPS) is 21.8. The van der Waals surface area contributed by atoms with Crippen molar-refractivity contribution in [2.75, 3.05) is 26.4 Å². The van der Waals surface area contributed by atoms with Gasteiger partial charge in [-0.2, -0.15) is 0 Å². The number of imidazole rings is 1. The number of amidine groups is 1. The van der Waals surface area contributed by atoms with Crippen molar-refractivity contribution in [1.82, 2.24) is 19.4 Å². The predicted molar refractivity (Wildman–Crippen MR) is 131 cm³/mol. The van der Waals surface area contributed by atoms with Crippen LogP contribution in [0.5, 0.6) is 0 Å². The number of aryl methyl sites for hydroxylation is 1. The van der Waals surface area contributed by atoms with Crippen LogP contribution in [-0.4, -0.2) is 51.6 Å². The lowest BCUT2D eigenvalue weighted by Crippen LogP contribution is -2.58. The molecular weight excluding hydrogens is 461 g/mol. The minimum Gasteiger partial charge on any atom is -0.441 e. The Labute approximate surface area is 206 Å². The van der Waals surface area contributed by atoms with Gasteiger partial charge in [0.1, 0.15) is 17.9 Å². The number of aromatic nitrogens is 3. The van der Waals surface area contributed by atoms with Crippen LogP contribution in [0.2, 0.25) is 0 Å². The molecule has 0 radical (unpaired) electrons. The molecule has 0 saturated carbocycles. The minimum atomic E-state index is -0.251. The van der Waals surface area contributed by atoms with Gasteiger partial charge in [0.05, 0.1) is 37.0 Å². The molecule has 182 valence electrons. The van der Waals surface area contributed by atoms with Crippen molar-refractivity contribution < 1.29 is 18.4 Å². The van der Waals surface area contributed by atoms with Crippen molar-refractivity contribution >= 4 is 23.0 Å². The van der Waals surface area contributed by atoms with Crippen molar-refractivity contribution in [2.45, 2.75) is 19.4 Å². The second-order valence-corrected chi connectivity index (χ2v) is 9.87. The number of rotatable bonds is 3. The highest BCUT2D eigenvalue weighted by Crippen LogP contribution is 2.45. The summed E-state index contributed by atoms with van der Waals surface area (Å²) in [5.41, 5.74) is 6.29. The van der Waals surface area contributed by atoms with E-state index in [-0.39, 0.29) is 17.3 Å². The van der Waals surface area contributed by atoms with E-state index in [1.54, 1.807) is 6.33 Å². The molecule has 7 rings (SSSR count). The third-order valence-electron chi connectivity index (χ3n) is 7.28. The average molecular weight is 486 g/mol. The highest BCUT2D eigenvalue weighted by molar-refractivity contribution is 6.05. The largest absolute Gasteiger partial charge is 0.441 e. The van der Waals surface area contributed by atoms with Crippen molar-refractivity contribution in [3.63, 3.8) is 0 Å². The molecule has 5 heterocycles. The molecule has 0 bridgehead atoms. The van der Waals surface area contributed by atoms with Gasteiger partial charge in [0.2, 0.25) is 0 Å². The number of nitrogens with zero attached hydrogens (tertiary/aromatic N) is 5. The summed E-state index contributed by atoms with van der Waals surface area (Å²) in [6.07, 6.45) is 8.16. The molecule has 1 spiro atoms. The van der Waals surface area contributed by atoms with Crippen LogP contribution >= 0.6 is 0 Å². The van der Waals surface area contributed by atoms with Crippen LogP contribution in [0.1, 0.15) is 29.3 Å². The zero-order valence-corrected chi connectivity index (χ0v) is 19.7. The maximum absolute atomic E-state index is 13.6. The first-order valence-corrected chi connectivity index (χ1v) is 12.0. The maximum Gasteiger partial charge on any atom is 0.182 e. The Bertz CT molecular complexity index is 1520. The summed E-state index contributed by atoms with van der Waals surface area (Å²) in [4.78, 5) is 16.9. The van der Waals surface area contributed by atoms with Gasteiger partial charge in [-0.1, -0.05) is 23.4 Å². The first kappa shape index (κ1) is 21.3. The quantitative estimate of drug-likeness (QED) is 0.420. The summed E-state index contributed by atoms with van der Waals surface area (Å²) in [7, 11) is 0. The van der Waals surface area contributed by atoms with Gasteiger partial charge in [0.25, 0.3) is 0 Å². The molecule has 2 fully saturated rings. The second kappa shape index (κ2) is 8.03. The Balaban J connectivity index is 1.31. The number of hydrogen-bond acceptors (Lipinski definition) is 7. The van der Waals surface area contributed by atoms with Crippen LogP contribution in [0, 0.1) is 18.2 Å². The topological polar surface area (TPSA) is 77.9 Å². The van der Waals surface area contributed by atoms with E-state index >= 15 is 0 Å². The molecule has 0 aliphatic carbocycles. The van der Waals surface area contributed by atoms with Gasteiger partial charge in [-0.3, -0.25) is 0 Å². The summed E-state index contributed by atoms with van der Waals surface area (Å²) in [5, 5.41) is 4.49. The van der Waals surface area contributed by atoms with Gasteiger partial charge in [-0.25, -0.2) is 14.4 Å². The van der Waals surface area contributed by atoms with E-state index in [1.165, 1.54) is 18.5 Å². The van der Waals surface area contributed by atoms with E-state index < -0.39 is 0 Å². The lowest BCUT2D eigenvalue weighted by molar-refractivity contribution is -0.131. The summed E-state index contributed by atoms with van der Waals surface area (Å²) in [6, 6.07) is 10.6. The predicted octanol–water partition coefficient (Wildman–Crippen LogP) is 4.65. The molecule has 2 aromatic heterocycles. The number of ether oxygens (including phenoxy) is 1. The van der Waals surface area contributed by atoms with Crippen molar-refractivity contribution in [3.8, 4) is 5.69 Å². The zero-order chi connectivity index (χ0) is 24.3. The van der Waals surface area contributed by atoms with Gasteiger partial charge < -0.3 is 23.5 Å². The standard InChI is InChI=1S/C27H24FN5O3/c1-17-10-32(15-29-17)22-7-4-19(24-25(22)35-16-30-24)8-20-9-27(13-34-14-27)12-33-23(11-36-31-26(20)33)18-2-5-21(28)6-3-18/h2-8,10,15-16,23H,9,11-14H2,1H3/b20-8+. The molecule has 4 aromatic rings. The van der Waals surface area contributed by atoms with Crippen LogP contribution in [0.3, 0.4) is 0 Å². The Morgan fingerprint density at radius 1 is 1.11 bits per heavy atom. The smallest absolute Gasteiger partial charge is 0.182 e. The Morgan fingerprint density at radius 3 is 2.72 bits per heavy atom. The molecule has 3 aliphatic heterocycles. The highest BCUT2D eigenvalue weighted by atomic mass is 19.1. The first-order valence-electron chi connectivity index (χ1n) is 12.0. The molecule has 2 aromatic carbocycles. The molecule has 0 amide bonds. The molecule has 1 unspecified atom stereocenters. The number of fused-ring (bicyclic) bond motifs is 2. The third kappa shape index (κ3) is 3.42. The van der Waals surface area contributed by atoms with Gasteiger partial charge in [0, 0.05) is 23.7 Å². The Hall–Kier alpha value is -3.98. The van der Waals surface area contributed by atoms with Crippen LogP contribution in [-0.2, 0) is 9.57 Å². The van der Waals surface area contributed by atoms with Gasteiger partial charge >= 0.3 is 0 Å². The van der Waals surface area contributed by atoms with E-state index in [1.807, 2.05) is 42.0 Å². The van der Waals surface area contributed by atoms with Gasteiger partial charge in [-0.05, 0) is 48.8 Å². The first-order chi connectivity index (χ1) is 17.6.